The fourth-order valence-electron chi connectivity index (χ4n) is 2.46. The van der Waals surface area contributed by atoms with Gasteiger partial charge in [-0.3, -0.25) is 19.9 Å². The Hall–Kier alpha value is -2.44. The summed E-state index contributed by atoms with van der Waals surface area (Å²) in [6, 6.07) is 2.80. The number of carbonyl (C=O) groups is 3. The lowest BCUT2D eigenvalue weighted by molar-refractivity contribution is -0.130. The lowest BCUT2D eigenvalue weighted by atomic mass is 10.1. The number of pyridine rings is 1. The van der Waals surface area contributed by atoms with Crippen molar-refractivity contribution < 1.29 is 14.4 Å². The molecule has 0 saturated carbocycles. The van der Waals surface area contributed by atoms with Crippen LogP contribution in [0.25, 0.3) is 0 Å². The first-order valence-corrected chi connectivity index (χ1v) is 7.14. The molecular weight excluding hydrogens is 284 g/mol. The number of rotatable bonds is 5. The summed E-state index contributed by atoms with van der Waals surface area (Å²) in [5, 5.41) is 4.63. The molecule has 2 N–H and O–H groups in total. The number of aromatic nitrogens is 1. The molecule has 0 radical (unpaired) electrons. The minimum Gasteiger partial charge on any atom is -0.340 e. The van der Waals surface area contributed by atoms with E-state index < -0.39 is 12.1 Å². The molecule has 1 aromatic heterocycles. The van der Waals surface area contributed by atoms with Gasteiger partial charge in [0.2, 0.25) is 5.91 Å². The highest BCUT2D eigenvalue weighted by Crippen LogP contribution is 2.09. The van der Waals surface area contributed by atoms with Gasteiger partial charge >= 0.3 is 6.03 Å². The molecule has 0 spiro atoms. The smallest absolute Gasteiger partial charge is 0.322 e. The van der Waals surface area contributed by atoms with E-state index in [0.717, 1.165) is 17.0 Å². The third-order valence-corrected chi connectivity index (χ3v) is 3.48. The van der Waals surface area contributed by atoms with Crippen LogP contribution < -0.4 is 10.6 Å². The Kier molecular flexibility index (Phi) is 4.75. The Morgan fingerprint density at radius 3 is 2.64 bits per heavy atom. The molecular formula is C15H20N4O3. The minimum atomic E-state index is -0.621. The number of nitrogens with one attached hydrogen (secondary N) is 2. The van der Waals surface area contributed by atoms with Crippen LogP contribution in [0.3, 0.4) is 0 Å². The van der Waals surface area contributed by atoms with Crippen molar-refractivity contribution >= 4 is 17.8 Å². The molecule has 1 fully saturated rings. The van der Waals surface area contributed by atoms with Gasteiger partial charge in [-0.25, -0.2) is 4.79 Å². The van der Waals surface area contributed by atoms with Crippen molar-refractivity contribution in [2.45, 2.75) is 39.3 Å². The Morgan fingerprint density at radius 2 is 2.05 bits per heavy atom. The van der Waals surface area contributed by atoms with Gasteiger partial charge in [0.1, 0.15) is 6.04 Å². The van der Waals surface area contributed by atoms with Crippen molar-refractivity contribution in [2.24, 2.45) is 0 Å². The van der Waals surface area contributed by atoms with Crippen molar-refractivity contribution in [2.75, 3.05) is 7.05 Å². The number of amides is 4. The second kappa shape index (κ2) is 6.55. The molecule has 1 saturated heterocycles. The minimum absolute atomic E-state index is 0.0880. The molecule has 1 aliphatic rings. The molecule has 0 aromatic carbocycles. The number of urea groups is 1. The van der Waals surface area contributed by atoms with Gasteiger partial charge in [0.05, 0.1) is 12.2 Å². The van der Waals surface area contributed by atoms with Crippen LogP contribution in [0.4, 0.5) is 4.79 Å². The quantitative estimate of drug-likeness (QED) is 0.781. The Labute approximate surface area is 129 Å². The molecule has 1 atom stereocenters. The average Bonchev–Trinajstić information content (AvgIpc) is 2.73. The van der Waals surface area contributed by atoms with Gasteiger partial charge in [-0.05, 0) is 38.0 Å². The predicted octanol–water partition coefficient (Wildman–Crippen LogP) is 0.645. The highest BCUT2D eigenvalue weighted by Gasteiger charge is 2.29. The lowest BCUT2D eigenvalue weighted by Crippen LogP contribution is -2.32. The summed E-state index contributed by atoms with van der Waals surface area (Å²) in [6.07, 6.45) is 0.487. The standard InChI is InChI=1S/C15H20N4O3/c1-9-6-10(2)16-11(7-9)8-19(3)13(20)5-4-12-14(21)18-15(22)17-12/h6-7,12H,4-5,8H2,1-3H3,(H2,17,18,21,22)/t12-/m0/s1. The van der Waals surface area contributed by atoms with Gasteiger partial charge in [-0.15, -0.1) is 0 Å². The second-order valence-corrected chi connectivity index (χ2v) is 5.58. The van der Waals surface area contributed by atoms with E-state index in [4.69, 9.17) is 0 Å². The van der Waals surface area contributed by atoms with Crippen molar-refractivity contribution in [3.05, 3.63) is 29.1 Å². The average molecular weight is 304 g/mol. The van der Waals surface area contributed by atoms with Crippen LogP contribution in [0.1, 0.15) is 29.8 Å². The Morgan fingerprint density at radius 1 is 1.32 bits per heavy atom. The number of aryl methyl sites for hydroxylation is 2. The van der Waals surface area contributed by atoms with E-state index in [0.29, 0.717) is 13.0 Å². The van der Waals surface area contributed by atoms with E-state index in [1.165, 1.54) is 0 Å². The molecule has 118 valence electrons. The zero-order chi connectivity index (χ0) is 16.3. The van der Waals surface area contributed by atoms with Gasteiger partial charge in [0.15, 0.2) is 0 Å². The lowest BCUT2D eigenvalue weighted by Gasteiger charge is -2.18. The SMILES string of the molecule is Cc1cc(C)nc(CN(C)C(=O)CC[C@@H]2NC(=O)NC2=O)c1. The number of carbonyl (C=O) groups excluding carboxylic acids is 3. The Balaban J connectivity index is 1.87. The van der Waals surface area contributed by atoms with Crippen LogP contribution in [-0.2, 0) is 16.1 Å². The molecule has 1 aromatic rings. The maximum Gasteiger partial charge on any atom is 0.322 e. The second-order valence-electron chi connectivity index (χ2n) is 5.58. The van der Waals surface area contributed by atoms with Gasteiger partial charge in [-0.2, -0.15) is 0 Å². The van der Waals surface area contributed by atoms with E-state index in [1.54, 1.807) is 11.9 Å². The third kappa shape index (κ3) is 4.03. The van der Waals surface area contributed by atoms with Gasteiger partial charge < -0.3 is 10.2 Å². The highest BCUT2D eigenvalue weighted by molar-refractivity contribution is 6.04. The zero-order valence-corrected chi connectivity index (χ0v) is 13.0. The summed E-state index contributed by atoms with van der Waals surface area (Å²) >= 11 is 0. The van der Waals surface area contributed by atoms with Gasteiger partial charge in [-0.1, -0.05) is 0 Å². The molecule has 2 rings (SSSR count). The first-order valence-electron chi connectivity index (χ1n) is 7.14. The third-order valence-electron chi connectivity index (χ3n) is 3.48. The van der Waals surface area contributed by atoms with Crippen molar-refractivity contribution in [3.8, 4) is 0 Å². The van der Waals surface area contributed by atoms with Crippen LogP contribution >= 0.6 is 0 Å². The predicted molar refractivity (Wildman–Crippen MR) is 79.9 cm³/mol. The number of nitrogens with zero attached hydrogens (tertiary/aromatic N) is 2. The zero-order valence-electron chi connectivity index (χ0n) is 13.0. The van der Waals surface area contributed by atoms with Crippen LogP contribution in [0, 0.1) is 13.8 Å². The molecule has 0 unspecified atom stereocenters. The van der Waals surface area contributed by atoms with Gasteiger partial charge in [0.25, 0.3) is 5.91 Å². The molecule has 1 aliphatic heterocycles. The largest absolute Gasteiger partial charge is 0.340 e. The monoisotopic (exact) mass is 304 g/mol. The normalized spacial score (nSPS) is 17.1. The van der Waals surface area contributed by atoms with Crippen LogP contribution in [-0.4, -0.2) is 40.8 Å². The number of hydrogen-bond donors (Lipinski definition) is 2. The summed E-state index contributed by atoms with van der Waals surface area (Å²) in [5.41, 5.74) is 2.86. The van der Waals surface area contributed by atoms with E-state index >= 15 is 0 Å². The summed E-state index contributed by atoms with van der Waals surface area (Å²) < 4.78 is 0. The van der Waals surface area contributed by atoms with E-state index in [9.17, 15) is 14.4 Å². The highest BCUT2D eigenvalue weighted by atomic mass is 16.2. The molecule has 4 amide bonds. The summed E-state index contributed by atoms with van der Waals surface area (Å²) in [6.45, 7) is 4.33. The molecule has 0 aliphatic carbocycles. The Bertz CT molecular complexity index is 595. The van der Waals surface area contributed by atoms with Crippen LogP contribution in [0.5, 0.6) is 0 Å². The number of imide groups is 1. The van der Waals surface area contributed by atoms with Crippen molar-refractivity contribution in [3.63, 3.8) is 0 Å². The maximum atomic E-state index is 12.1. The summed E-state index contributed by atoms with van der Waals surface area (Å²) in [5.74, 6) is -0.466. The van der Waals surface area contributed by atoms with Gasteiger partial charge in [0, 0.05) is 19.2 Å². The molecule has 22 heavy (non-hydrogen) atoms. The van der Waals surface area contributed by atoms with Crippen molar-refractivity contribution in [1.82, 2.24) is 20.5 Å². The summed E-state index contributed by atoms with van der Waals surface area (Å²) in [7, 11) is 1.70. The molecule has 0 bridgehead atoms. The fraction of sp³-hybridized carbons (Fsp3) is 0.467. The first-order chi connectivity index (χ1) is 10.3. The van der Waals surface area contributed by atoms with Crippen molar-refractivity contribution in [1.29, 1.82) is 0 Å². The molecule has 7 nitrogen and oxygen atoms in total. The van der Waals surface area contributed by atoms with Crippen LogP contribution in [0.15, 0.2) is 12.1 Å². The topological polar surface area (TPSA) is 91.4 Å². The molecule has 2 heterocycles. The molecule has 7 heteroatoms. The summed E-state index contributed by atoms with van der Waals surface area (Å²) in [4.78, 5) is 40.5. The van der Waals surface area contributed by atoms with Crippen LogP contribution in [0.2, 0.25) is 0 Å². The van der Waals surface area contributed by atoms with E-state index in [-0.39, 0.29) is 18.2 Å². The maximum absolute atomic E-state index is 12.1. The van der Waals surface area contributed by atoms with E-state index in [2.05, 4.69) is 15.6 Å². The van der Waals surface area contributed by atoms with E-state index in [1.807, 2.05) is 26.0 Å². The first kappa shape index (κ1) is 15.9. The number of hydrogen-bond acceptors (Lipinski definition) is 4. The fourth-order valence-corrected chi connectivity index (χ4v) is 2.46.